The third kappa shape index (κ3) is 7.18. The van der Waals surface area contributed by atoms with Crippen LogP contribution in [0.1, 0.15) is 64.1 Å². The van der Waals surface area contributed by atoms with Gasteiger partial charge in [-0.05, 0) is 75.9 Å². The van der Waals surface area contributed by atoms with Gasteiger partial charge in [0.05, 0.1) is 35.3 Å². The highest BCUT2D eigenvalue weighted by atomic mass is 32.2. The molecule has 3 aromatic heterocycles. The first-order valence-electron chi connectivity index (χ1n) is 15.2. The predicted molar refractivity (Wildman–Crippen MR) is 176 cm³/mol. The molecule has 4 heterocycles. The van der Waals surface area contributed by atoms with E-state index < -0.39 is 5.60 Å². The van der Waals surface area contributed by atoms with Crippen LogP contribution in [0.15, 0.2) is 61.1 Å². The summed E-state index contributed by atoms with van der Waals surface area (Å²) in [6.07, 6.45) is 9.85. The van der Waals surface area contributed by atoms with E-state index in [4.69, 9.17) is 15.0 Å². The van der Waals surface area contributed by atoms with E-state index in [1.54, 1.807) is 4.90 Å². The van der Waals surface area contributed by atoms with Crippen molar-refractivity contribution in [3.05, 3.63) is 72.7 Å². The minimum Gasteiger partial charge on any atom is -0.444 e. The second kappa shape index (κ2) is 13.1. The Morgan fingerprint density at radius 3 is 2.56 bits per heavy atom. The van der Waals surface area contributed by atoms with Crippen molar-refractivity contribution in [3.8, 4) is 39.3 Å². The summed E-state index contributed by atoms with van der Waals surface area (Å²) in [7, 11) is 0. The van der Waals surface area contributed by atoms with Gasteiger partial charge in [0.1, 0.15) is 22.7 Å². The maximum atomic E-state index is 12.8. The Kier molecular flexibility index (Phi) is 8.85. The smallest absolute Gasteiger partial charge is 0.410 e. The highest BCUT2D eigenvalue weighted by Crippen LogP contribution is 2.33. The molecule has 1 saturated heterocycles. The molecule has 1 unspecified atom stereocenters. The molecular weight excluding hydrogens is 584 g/mol. The largest absolute Gasteiger partial charge is 0.444 e. The summed E-state index contributed by atoms with van der Waals surface area (Å²) in [5, 5.41) is 11.7. The zero-order chi connectivity index (χ0) is 31.4. The first kappa shape index (κ1) is 30.3. The number of rotatable bonds is 9. The number of hydrogen-bond donors (Lipinski definition) is 2. The molecule has 5 aromatic rings. The Morgan fingerprint density at radius 1 is 1.00 bits per heavy atom. The number of H-pyrrole nitrogens is 2. The quantitative estimate of drug-likeness (QED) is 0.126. The van der Waals surface area contributed by atoms with Crippen molar-refractivity contribution < 1.29 is 9.53 Å². The second-order valence-corrected chi connectivity index (χ2v) is 13.1. The summed E-state index contributed by atoms with van der Waals surface area (Å²) in [6, 6.07) is 14.1. The molecule has 1 fully saturated rings. The van der Waals surface area contributed by atoms with Gasteiger partial charge >= 0.3 is 6.09 Å². The molecule has 0 aliphatic carbocycles. The maximum absolute atomic E-state index is 12.8. The van der Waals surface area contributed by atoms with Gasteiger partial charge in [0.25, 0.3) is 0 Å². The van der Waals surface area contributed by atoms with Crippen molar-refractivity contribution in [2.45, 2.75) is 64.5 Å². The van der Waals surface area contributed by atoms with E-state index in [2.05, 4.69) is 36.4 Å². The van der Waals surface area contributed by atoms with Gasteiger partial charge in [-0.25, -0.2) is 24.7 Å². The molecule has 6 rings (SSSR count). The van der Waals surface area contributed by atoms with Crippen LogP contribution >= 0.6 is 11.8 Å². The summed E-state index contributed by atoms with van der Waals surface area (Å²) >= 11 is 1.30. The van der Waals surface area contributed by atoms with Gasteiger partial charge < -0.3 is 14.7 Å². The Hall–Kier alpha value is -4.69. The van der Waals surface area contributed by atoms with E-state index in [1.165, 1.54) is 11.8 Å². The molecule has 1 aliphatic heterocycles. The van der Waals surface area contributed by atoms with Crippen LogP contribution in [0.2, 0.25) is 0 Å². The third-order valence-corrected chi connectivity index (χ3v) is 8.36. The summed E-state index contributed by atoms with van der Waals surface area (Å²) in [4.78, 5) is 40.0. The van der Waals surface area contributed by atoms with Crippen LogP contribution < -0.4 is 0 Å². The number of aryl methyl sites for hydroxylation is 1. The Labute approximate surface area is 266 Å². The minimum absolute atomic E-state index is 0.125. The van der Waals surface area contributed by atoms with Crippen LogP contribution in [0.4, 0.5) is 4.79 Å². The lowest BCUT2D eigenvalue weighted by Crippen LogP contribution is -2.36. The molecule has 1 atom stereocenters. The number of imidazole rings is 2. The molecule has 1 amide bonds. The highest BCUT2D eigenvalue weighted by molar-refractivity contribution is 8.03. The van der Waals surface area contributed by atoms with E-state index in [-0.39, 0.29) is 12.1 Å². The van der Waals surface area contributed by atoms with Crippen molar-refractivity contribution in [2.24, 2.45) is 0 Å². The number of carbonyl (C=O) groups excluding carboxylic acids is 1. The van der Waals surface area contributed by atoms with Crippen molar-refractivity contribution >= 4 is 28.8 Å². The lowest BCUT2D eigenvalue weighted by Gasteiger charge is -2.27. The molecule has 11 heteroatoms. The fourth-order valence-corrected chi connectivity index (χ4v) is 5.97. The molecule has 0 radical (unpaired) electrons. The molecule has 2 N–H and O–H groups in total. The number of fused-ring (bicyclic) bond motifs is 1. The van der Waals surface area contributed by atoms with Crippen LogP contribution in [0.25, 0.3) is 44.8 Å². The number of benzene rings is 2. The predicted octanol–water partition coefficient (Wildman–Crippen LogP) is 7.69. The standard InChI is InChI=1S/C34H36N8O2S/c1-34(2,3)44-33(43)42-15-6-7-29(42)32-38-20-27(41-32)22-9-11-23(12-10-22)31-37-18-25-17-24(13-14-26(25)40-31)28-19-36-30(39-28)8-4-5-16-45-21-35/h9-14,17-20,29H,4-8,15-16H2,1-3H3,(H,36,39)(H,38,41). The lowest BCUT2D eigenvalue weighted by molar-refractivity contribution is 0.0218. The normalized spacial score (nSPS) is 15.0. The molecule has 0 spiro atoms. The number of aromatic amines is 2. The molecule has 230 valence electrons. The SMILES string of the molecule is CC(C)(C)OC(=O)N1CCCC1c1ncc(-c2ccc(-c3ncc4cc(-c5cnc(CCCCSC#N)[nH]5)ccc4n3)cc2)[nH]1. The summed E-state index contributed by atoms with van der Waals surface area (Å²) in [5.41, 5.74) is 5.12. The van der Waals surface area contributed by atoms with Gasteiger partial charge in [-0.1, -0.05) is 30.3 Å². The van der Waals surface area contributed by atoms with Crippen molar-refractivity contribution in [2.75, 3.05) is 12.3 Å². The summed E-state index contributed by atoms with van der Waals surface area (Å²) in [6.45, 7) is 6.30. The van der Waals surface area contributed by atoms with Crippen molar-refractivity contribution in [1.82, 2.24) is 34.8 Å². The van der Waals surface area contributed by atoms with Crippen LogP contribution in [0.5, 0.6) is 0 Å². The third-order valence-electron chi connectivity index (χ3n) is 7.74. The van der Waals surface area contributed by atoms with Gasteiger partial charge in [-0.2, -0.15) is 5.26 Å². The average molecular weight is 621 g/mol. The number of amides is 1. The number of thiocyanates is 1. The lowest BCUT2D eigenvalue weighted by atomic mass is 10.1. The van der Waals surface area contributed by atoms with Gasteiger partial charge in [0.15, 0.2) is 5.82 Å². The number of ether oxygens (including phenoxy) is 1. The van der Waals surface area contributed by atoms with E-state index >= 15 is 0 Å². The zero-order valence-electron chi connectivity index (χ0n) is 25.7. The number of aromatic nitrogens is 6. The van der Waals surface area contributed by atoms with Crippen molar-refractivity contribution in [3.63, 3.8) is 0 Å². The van der Waals surface area contributed by atoms with E-state index in [1.807, 2.05) is 75.8 Å². The summed E-state index contributed by atoms with van der Waals surface area (Å²) < 4.78 is 5.62. The van der Waals surface area contributed by atoms with Crippen LogP contribution in [0.3, 0.4) is 0 Å². The van der Waals surface area contributed by atoms with Crippen LogP contribution in [-0.4, -0.2) is 58.8 Å². The number of nitriles is 1. The molecule has 0 bridgehead atoms. The Bertz CT molecular complexity index is 1830. The maximum Gasteiger partial charge on any atom is 0.410 e. The first-order chi connectivity index (χ1) is 21.8. The van der Waals surface area contributed by atoms with E-state index in [0.29, 0.717) is 12.4 Å². The molecular formula is C34H36N8O2S. The summed E-state index contributed by atoms with van der Waals surface area (Å²) in [5.74, 6) is 3.23. The number of nitrogens with zero attached hydrogens (tertiary/aromatic N) is 6. The number of nitrogens with one attached hydrogen (secondary N) is 2. The minimum atomic E-state index is -0.539. The molecule has 1 aliphatic rings. The van der Waals surface area contributed by atoms with Crippen LogP contribution in [-0.2, 0) is 11.2 Å². The van der Waals surface area contributed by atoms with Gasteiger partial charge in [0, 0.05) is 41.4 Å². The number of likely N-dealkylation sites (tertiary alicyclic amines) is 1. The Morgan fingerprint density at radius 2 is 1.76 bits per heavy atom. The highest BCUT2D eigenvalue weighted by Gasteiger charge is 2.34. The number of carbonyl (C=O) groups is 1. The van der Waals surface area contributed by atoms with Crippen molar-refractivity contribution in [1.29, 1.82) is 5.26 Å². The van der Waals surface area contributed by atoms with Gasteiger partial charge in [0.2, 0.25) is 0 Å². The van der Waals surface area contributed by atoms with Gasteiger partial charge in [-0.3, -0.25) is 4.90 Å². The average Bonchev–Trinajstić information content (AvgIpc) is 3.81. The number of unbranched alkanes of at least 4 members (excludes halogenated alkanes) is 1. The van der Waals surface area contributed by atoms with Crippen LogP contribution in [0, 0.1) is 10.7 Å². The van der Waals surface area contributed by atoms with Gasteiger partial charge in [-0.15, -0.1) is 0 Å². The molecule has 0 saturated carbocycles. The fourth-order valence-electron chi connectivity index (χ4n) is 5.53. The topological polar surface area (TPSA) is 136 Å². The molecule has 45 heavy (non-hydrogen) atoms. The molecule has 10 nitrogen and oxygen atoms in total. The second-order valence-electron chi connectivity index (χ2n) is 12.2. The number of thioether (sulfide) groups is 1. The fraction of sp³-hybridized carbons (Fsp3) is 0.353. The van der Waals surface area contributed by atoms with E-state index in [9.17, 15) is 4.79 Å². The molecule has 2 aromatic carbocycles. The Balaban J connectivity index is 1.12. The monoisotopic (exact) mass is 620 g/mol. The first-order valence-corrected chi connectivity index (χ1v) is 16.2. The van der Waals surface area contributed by atoms with E-state index in [0.717, 1.165) is 88.5 Å². The zero-order valence-corrected chi connectivity index (χ0v) is 26.5. The number of hydrogen-bond acceptors (Lipinski definition) is 8.